The van der Waals surface area contributed by atoms with Crippen LogP contribution in [0.15, 0.2) is 53.9 Å². The van der Waals surface area contributed by atoms with Crippen LogP contribution in [0.1, 0.15) is 50.5 Å². The van der Waals surface area contributed by atoms with Crippen molar-refractivity contribution in [3.63, 3.8) is 0 Å². The van der Waals surface area contributed by atoms with E-state index in [-0.39, 0.29) is 5.97 Å². The first-order valence-corrected chi connectivity index (χ1v) is 12.1. The Morgan fingerprint density at radius 3 is 2.62 bits per heavy atom. The Morgan fingerprint density at radius 1 is 1.12 bits per heavy atom. The minimum Gasteiger partial charge on any atom is -0.497 e. The molecule has 3 aromatic rings. The minimum absolute atomic E-state index is 0.0520. The zero-order chi connectivity index (χ0) is 22.3. The van der Waals surface area contributed by atoms with Gasteiger partial charge in [-0.3, -0.25) is 4.79 Å². The Kier molecular flexibility index (Phi) is 7.43. The number of rotatable bonds is 8. The lowest BCUT2D eigenvalue weighted by Gasteiger charge is -2.28. The van der Waals surface area contributed by atoms with Crippen LogP contribution in [0.3, 0.4) is 0 Å². The maximum absolute atomic E-state index is 11.7. The molecular formula is C26H30N2O3S. The molecule has 5 nitrogen and oxygen atoms in total. The molecule has 0 aliphatic heterocycles. The molecule has 6 heteroatoms. The molecule has 0 radical (unpaired) electrons. The Balaban J connectivity index is 1.34. The highest BCUT2D eigenvalue weighted by Crippen LogP contribution is 2.38. The van der Waals surface area contributed by atoms with E-state index in [1.807, 2.05) is 31.2 Å². The molecule has 0 unspecified atom stereocenters. The van der Waals surface area contributed by atoms with Crippen LogP contribution in [0, 0.1) is 5.92 Å². The maximum atomic E-state index is 11.7. The number of benzene rings is 2. The molecule has 1 aliphatic carbocycles. The Bertz CT molecular complexity index is 1020. The number of hydrogen-bond acceptors (Lipinski definition) is 6. The molecule has 1 aliphatic rings. The minimum atomic E-state index is -0.0520. The van der Waals surface area contributed by atoms with E-state index in [1.165, 1.54) is 5.56 Å². The highest BCUT2D eigenvalue weighted by atomic mass is 32.1. The Morgan fingerprint density at radius 2 is 1.91 bits per heavy atom. The zero-order valence-electron chi connectivity index (χ0n) is 18.7. The number of thiazole rings is 1. The smallest absolute Gasteiger partial charge is 0.306 e. The van der Waals surface area contributed by atoms with Gasteiger partial charge in [0, 0.05) is 29.1 Å². The third-order valence-corrected chi connectivity index (χ3v) is 6.87. The van der Waals surface area contributed by atoms with Crippen molar-refractivity contribution in [3.05, 3.63) is 59.5 Å². The number of nitrogens with one attached hydrogen (secondary N) is 1. The number of carbonyl (C=O) groups excluding carboxylic acids is 1. The number of carbonyl (C=O) groups is 1. The van der Waals surface area contributed by atoms with Crippen molar-refractivity contribution in [1.29, 1.82) is 0 Å². The van der Waals surface area contributed by atoms with Gasteiger partial charge < -0.3 is 14.8 Å². The van der Waals surface area contributed by atoms with Gasteiger partial charge in [-0.2, -0.15) is 0 Å². The van der Waals surface area contributed by atoms with Crippen molar-refractivity contribution in [3.8, 4) is 17.0 Å². The van der Waals surface area contributed by atoms with Crippen molar-refractivity contribution in [2.24, 2.45) is 5.92 Å². The fourth-order valence-electron chi connectivity index (χ4n) is 4.37. The van der Waals surface area contributed by atoms with E-state index in [1.54, 1.807) is 18.4 Å². The van der Waals surface area contributed by atoms with Crippen LogP contribution in [-0.2, 0) is 9.53 Å². The second-order valence-electron chi connectivity index (χ2n) is 8.24. The lowest BCUT2D eigenvalue weighted by atomic mass is 9.77. The molecule has 1 fully saturated rings. The van der Waals surface area contributed by atoms with E-state index in [2.05, 4.69) is 35.0 Å². The normalized spacial score (nSPS) is 18.2. The van der Waals surface area contributed by atoms with Crippen molar-refractivity contribution in [2.75, 3.05) is 19.0 Å². The summed E-state index contributed by atoms with van der Waals surface area (Å²) >= 11 is 1.59. The summed E-state index contributed by atoms with van der Waals surface area (Å²) < 4.78 is 10.4. The van der Waals surface area contributed by atoms with E-state index >= 15 is 0 Å². The summed E-state index contributed by atoms with van der Waals surface area (Å²) in [7, 11) is 1.67. The average Bonchev–Trinajstić information content (AvgIpc) is 3.28. The van der Waals surface area contributed by atoms with Gasteiger partial charge in [-0.15, -0.1) is 11.3 Å². The fourth-order valence-corrected chi connectivity index (χ4v) is 5.11. The molecule has 4 rings (SSSR count). The highest BCUT2D eigenvalue weighted by molar-refractivity contribution is 7.14. The molecule has 0 bridgehead atoms. The first-order chi connectivity index (χ1) is 15.6. The summed E-state index contributed by atoms with van der Waals surface area (Å²) in [6, 6.07) is 16.7. The molecule has 0 saturated heterocycles. The van der Waals surface area contributed by atoms with Gasteiger partial charge in [0.15, 0.2) is 5.13 Å². The van der Waals surface area contributed by atoms with Crippen LogP contribution in [-0.4, -0.2) is 24.7 Å². The number of anilines is 2. The lowest BCUT2D eigenvalue weighted by Crippen LogP contribution is -2.17. The second-order valence-corrected chi connectivity index (χ2v) is 9.10. The Hall–Kier alpha value is -2.86. The van der Waals surface area contributed by atoms with Crippen LogP contribution < -0.4 is 10.1 Å². The van der Waals surface area contributed by atoms with Gasteiger partial charge in [0.25, 0.3) is 0 Å². The summed E-state index contributed by atoms with van der Waals surface area (Å²) in [5.41, 5.74) is 4.44. The van der Waals surface area contributed by atoms with Gasteiger partial charge in [0.2, 0.25) is 0 Å². The molecule has 1 heterocycles. The van der Waals surface area contributed by atoms with Crippen molar-refractivity contribution in [2.45, 2.75) is 44.9 Å². The number of aromatic nitrogens is 1. The molecule has 32 heavy (non-hydrogen) atoms. The topological polar surface area (TPSA) is 60.5 Å². The van der Waals surface area contributed by atoms with Crippen LogP contribution >= 0.6 is 11.3 Å². The second kappa shape index (κ2) is 10.6. The predicted molar refractivity (Wildman–Crippen MR) is 130 cm³/mol. The molecule has 1 aromatic heterocycles. The summed E-state index contributed by atoms with van der Waals surface area (Å²) in [4.78, 5) is 16.5. The zero-order valence-corrected chi connectivity index (χ0v) is 19.5. The third kappa shape index (κ3) is 5.68. The number of hydrogen-bond donors (Lipinski definition) is 1. The fraction of sp³-hybridized carbons (Fsp3) is 0.385. The van der Waals surface area contributed by atoms with Gasteiger partial charge in [0.1, 0.15) is 5.75 Å². The molecule has 2 aromatic carbocycles. The third-order valence-electron chi connectivity index (χ3n) is 6.11. The summed E-state index contributed by atoms with van der Waals surface area (Å²) in [6.45, 7) is 2.33. The lowest BCUT2D eigenvalue weighted by molar-refractivity contribution is -0.144. The van der Waals surface area contributed by atoms with Crippen molar-refractivity contribution >= 4 is 28.1 Å². The molecule has 1 N–H and O–H groups in total. The first kappa shape index (κ1) is 22.3. The standard InChI is InChI=1S/C26H30N2O3S/c1-3-31-25(29)15-18-7-9-19(10-8-18)20-11-13-21(14-12-20)24-17-32-26(28-24)27-22-5-4-6-23(16-22)30-2/h4-6,11-14,16-19H,3,7-10,15H2,1-2H3,(H,27,28). The van der Waals surface area contributed by atoms with Crippen molar-refractivity contribution < 1.29 is 14.3 Å². The summed E-state index contributed by atoms with van der Waals surface area (Å²) in [6.07, 6.45) is 5.02. The highest BCUT2D eigenvalue weighted by Gasteiger charge is 2.24. The first-order valence-electron chi connectivity index (χ1n) is 11.3. The molecule has 1 saturated carbocycles. The number of methoxy groups -OCH3 is 1. The largest absolute Gasteiger partial charge is 0.497 e. The monoisotopic (exact) mass is 450 g/mol. The summed E-state index contributed by atoms with van der Waals surface area (Å²) in [5.74, 6) is 1.81. The predicted octanol–water partition coefficient (Wildman–Crippen LogP) is 6.79. The molecule has 0 atom stereocenters. The maximum Gasteiger partial charge on any atom is 0.306 e. The average molecular weight is 451 g/mol. The number of esters is 1. The van der Waals surface area contributed by atoms with E-state index in [9.17, 15) is 4.79 Å². The number of ether oxygens (including phenoxy) is 2. The van der Waals surface area contributed by atoms with Crippen molar-refractivity contribution in [1.82, 2.24) is 4.98 Å². The van der Waals surface area contributed by atoms with Crippen LogP contribution in [0.5, 0.6) is 5.75 Å². The Labute approximate surface area is 193 Å². The molecule has 0 spiro atoms. The SMILES string of the molecule is CCOC(=O)CC1CCC(c2ccc(-c3csc(Nc4cccc(OC)c4)n3)cc2)CC1. The molecular weight excluding hydrogens is 420 g/mol. The number of nitrogens with zero attached hydrogens (tertiary/aromatic N) is 1. The van der Waals surface area contributed by atoms with E-state index in [0.717, 1.165) is 53.5 Å². The van der Waals surface area contributed by atoms with E-state index in [0.29, 0.717) is 24.9 Å². The quantitative estimate of drug-likeness (QED) is 0.383. The van der Waals surface area contributed by atoms with E-state index < -0.39 is 0 Å². The molecule has 0 amide bonds. The van der Waals surface area contributed by atoms with Gasteiger partial charge in [-0.05, 0) is 62.1 Å². The van der Waals surface area contributed by atoms with Gasteiger partial charge in [-0.1, -0.05) is 30.3 Å². The van der Waals surface area contributed by atoms with Gasteiger partial charge in [-0.25, -0.2) is 4.98 Å². The van der Waals surface area contributed by atoms with Crippen LogP contribution in [0.4, 0.5) is 10.8 Å². The summed E-state index contributed by atoms with van der Waals surface area (Å²) in [5, 5.41) is 6.29. The van der Waals surface area contributed by atoms with Gasteiger partial charge >= 0.3 is 5.97 Å². The molecule has 168 valence electrons. The van der Waals surface area contributed by atoms with Gasteiger partial charge in [0.05, 0.1) is 19.4 Å². The van der Waals surface area contributed by atoms with Crippen LogP contribution in [0.25, 0.3) is 11.3 Å². The van der Waals surface area contributed by atoms with Crippen LogP contribution in [0.2, 0.25) is 0 Å². The van der Waals surface area contributed by atoms with E-state index in [4.69, 9.17) is 14.5 Å².